The maximum absolute atomic E-state index is 5.92. The fourth-order valence-corrected chi connectivity index (χ4v) is 1.82. The third-order valence-electron chi connectivity index (χ3n) is 2.25. The monoisotopic (exact) mass is 203 g/mol. The van der Waals surface area contributed by atoms with Crippen LogP contribution in [0.1, 0.15) is 0 Å². The van der Waals surface area contributed by atoms with Crippen LogP contribution in [-0.4, -0.2) is 4.98 Å². The number of hydrogen-bond donors (Lipinski definition) is 0. The van der Waals surface area contributed by atoms with Crippen LogP contribution in [0.3, 0.4) is 0 Å². The van der Waals surface area contributed by atoms with Crippen LogP contribution in [0.15, 0.2) is 40.9 Å². The highest BCUT2D eigenvalue weighted by atomic mass is 35.5. The van der Waals surface area contributed by atoms with Crippen molar-refractivity contribution in [3.05, 3.63) is 41.7 Å². The van der Waals surface area contributed by atoms with E-state index in [1.54, 1.807) is 6.20 Å². The Kier molecular flexibility index (Phi) is 1.52. The molecule has 3 aromatic rings. The first-order valence-electron chi connectivity index (χ1n) is 4.28. The van der Waals surface area contributed by atoms with Gasteiger partial charge in [0, 0.05) is 17.0 Å². The quantitative estimate of drug-likeness (QED) is 0.522. The Bertz CT molecular complexity index is 615. The van der Waals surface area contributed by atoms with E-state index < -0.39 is 0 Å². The molecule has 0 aliphatic rings. The molecule has 0 saturated carbocycles. The minimum atomic E-state index is 0.415. The van der Waals surface area contributed by atoms with E-state index in [1.807, 2.05) is 30.3 Å². The fraction of sp³-hybridized carbons (Fsp3) is 0. The summed E-state index contributed by atoms with van der Waals surface area (Å²) in [7, 11) is 0. The molecule has 0 aliphatic heterocycles. The van der Waals surface area contributed by atoms with E-state index in [0.29, 0.717) is 10.7 Å². The lowest BCUT2D eigenvalue weighted by atomic mass is 10.2. The van der Waals surface area contributed by atoms with Crippen LogP contribution in [-0.2, 0) is 0 Å². The maximum atomic E-state index is 5.92. The fourth-order valence-electron chi connectivity index (χ4n) is 1.62. The van der Waals surface area contributed by atoms with Gasteiger partial charge in [0.1, 0.15) is 5.58 Å². The molecule has 3 heteroatoms. The zero-order valence-corrected chi connectivity index (χ0v) is 7.95. The van der Waals surface area contributed by atoms with Crippen molar-refractivity contribution in [3.8, 4) is 0 Å². The summed E-state index contributed by atoms with van der Waals surface area (Å²) in [5.74, 6) is 0. The number of rotatable bonds is 0. The Labute approximate surface area is 85.1 Å². The van der Waals surface area contributed by atoms with Crippen molar-refractivity contribution >= 4 is 33.5 Å². The summed E-state index contributed by atoms with van der Waals surface area (Å²) in [6.07, 6.45) is 1.69. The topological polar surface area (TPSA) is 26.0 Å². The molecule has 1 aromatic carbocycles. The Hall–Kier alpha value is -1.54. The van der Waals surface area contributed by atoms with E-state index in [0.717, 1.165) is 16.4 Å². The summed E-state index contributed by atoms with van der Waals surface area (Å²) >= 11 is 5.92. The summed E-state index contributed by atoms with van der Waals surface area (Å²) in [5.41, 5.74) is 1.51. The molecule has 0 unspecified atom stereocenters. The van der Waals surface area contributed by atoms with Crippen molar-refractivity contribution in [3.63, 3.8) is 0 Å². The molecule has 0 spiro atoms. The Morgan fingerprint density at radius 2 is 1.93 bits per heavy atom. The van der Waals surface area contributed by atoms with Crippen molar-refractivity contribution in [2.75, 3.05) is 0 Å². The molecule has 0 atom stereocenters. The normalized spacial score (nSPS) is 11.2. The molecule has 14 heavy (non-hydrogen) atoms. The van der Waals surface area contributed by atoms with Crippen molar-refractivity contribution in [1.29, 1.82) is 0 Å². The van der Waals surface area contributed by atoms with Gasteiger partial charge in [0.05, 0.1) is 0 Å². The molecular weight excluding hydrogens is 198 g/mol. The van der Waals surface area contributed by atoms with E-state index in [4.69, 9.17) is 16.0 Å². The van der Waals surface area contributed by atoms with Gasteiger partial charge in [0.15, 0.2) is 10.7 Å². The van der Waals surface area contributed by atoms with Gasteiger partial charge < -0.3 is 4.42 Å². The number of halogens is 1. The number of nitrogens with zero attached hydrogens (tertiary/aromatic N) is 1. The first-order valence-corrected chi connectivity index (χ1v) is 4.66. The molecular formula is C11H6ClNO. The van der Waals surface area contributed by atoms with Crippen LogP contribution >= 0.6 is 11.6 Å². The van der Waals surface area contributed by atoms with Crippen molar-refractivity contribution in [1.82, 2.24) is 4.98 Å². The summed E-state index contributed by atoms with van der Waals surface area (Å²) in [4.78, 5) is 3.97. The predicted molar refractivity (Wildman–Crippen MR) is 56.5 cm³/mol. The number of para-hydroxylation sites is 1. The molecule has 0 aliphatic carbocycles. The number of pyridine rings is 1. The van der Waals surface area contributed by atoms with Crippen LogP contribution in [0, 0.1) is 0 Å². The lowest BCUT2D eigenvalue weighted by Gasteiger charge is -1.88. The number of hydrogen-bond acceptors (Lipinski definition) is 2. The number of aromatic nitrogens is 1. The molecule has 2 nitrogen and oxygen atoms in total. The van der Waals surface area contributed by atoms with E-state index in [2.05, 4.69) is 4.98 Å². The molecule has 0 N–H and O–H groups in total. The van der Waals surface area contributed by atoms with E-state index in [9.17, 15) is 0 Å². The molecule has 0 amide bonds. The number of benzene rings is 1. The molecule has 68 valence electrons. The van der Waals surface area contributed by atoms with Crippen LogP contribution < -0.4 is 0 Å². The van der Waals surface area contributed by atoms with Gasteiger partial charge >= 0.3 is 0 Å². The molecule has 0 bridgehead atoms. The molecule has 3 rings (SSSR count). The van der Waals surface area contributed by atoms with Crippen LogP contribution in [0.5, 0.6) is 0 Å². The third-order valence-corrected chi connectivity index (χ3v) is 2.52. The SMILES string of the molecule is Clc1nccc2c1oc1ccccc12. The average molecular weight is 204 g/mol. The smallest absolute Gasteiger partial charge is 0.172 e. The minimum Gasteiger partial charge on any atom is -0.453 e. The van der Waals surface area contributed by atoms with Gasteiger partial charge in [0.25, 0.3) is 0 Å². The van der Waals surface area contributed by atoms with Crippen molar-refractivity contribution < 1.29 is 4.42 Å². The largest absolute Gasteiger partial charge is 0.453 e. The van der Waals surface area contributed by atoms with Crippen LogP contribution in [0.25, 0.3) is 21.9 Å². The average Bonchev–Trinajstić information content (AvgIpc) is 2.59. The van der Waals surface area contributed by atoms with Gasteiger partial charge in [0.2, 0.25) is 0 Å². The van der Waals surface area contributed by atoms with Gasteiger partial charge in [-0.1, -0.05) is 29.8 Å². The standard InChI is InChI=1S/C11H6ClNO/c12-11-10-8(5-6-13-11)7-3-1-2-4-9(7)14-10/h1-6H. The van der Waals surface area contributed by atoms with Gasteiger partial charge in [-0.15, -0.1) is 0 Å². The summed E-state index contributed by atoms with van der Waals surface area (Å²) < 4.78 is 5.59. The Balaban J connectivity index is 2.63. The zero-order valence-electron chi connectivity index (χ0n) is 7.20. The van der Waals surface area contributed by atoms with Crippen LogP contribution in [0.4, 0.5) is 0 Å². The lowest BCUT2D eigenvalue weighted by molar-refractivity contribution is 0.667. The predicted octanol–water partition coefficient (Wildman–Crippen LogP) is 3.63. The Morgan fingerprint density at radius 1 is 1.07 bits per heavy atom. The minimum absolute atomic E-state index is 0.415. The Morgan fingerprint density at radius 3 is 2.86 bits per heavy atom. The van der Waals surface area contributed by atoms with Gasteiger partial charge in [-0.25, -0.2) is 4.98 Å². The second kappa shape index (κ2) is 2.72. The highest BCUT2D eigenvalue weighted by Crippen LogP contribution is 2.31. The highest BCUT2D eigenvalue weighted by Gasteiger charge is 2.08. The molecule has 0 radical (unpaired) electrons. The second-order valence-electron chi connectivity index (χ2n) is 3.08. The van der Waals surface area contributed by atoms with Gasteiger partial charge in [-0.05, 0) is 12.1 Å². The molecule has 0 saturated heterocycles. The first-order chi connectivity index (χ1) is 6.86. The third kappa shape index (κ3) is 0.946. The molecule has 2 heterocycles. The highest BCUT2D eigenvalue weighted by molar-refractivity contribution is 6.34. The summed E-state index contributed by atoms with van der Waals surface area (Å²) in [6, 6.07) is 9.76. The molecule has 0 fully saturated rings. The van der Waals surface area contributed by atoms with Gasteiger partial charge in [-0.2, -0.15) is 0 Å². The van der Waals surface area contributed by atoms with Crippen molar-refractivity contribution in [2.45, 2.75) is 0 Å². The number of furan rings is 1. The summed E-state index contributed by atoms with van der Waals surface area (Å²) in [6.45, 7) is 0. The van der Waals surface area contributed by atoms with Gasteiger partial charge in [-0.3, -0.25) is 0 Å². The maximum Gasteiger partial charge on any atom is 0.172 e. The van der Waals surface area contributed by atoms with Crippen LogP contribution in [0.2, 0.25) is 5.15 Å². The van der Waals surface area contributed by atoms with E-state index in [1.165, 1.54) is 0 Å². The van der Waals surface area contributed by atoms with E-state index >= 15 is 0 Å². The zero-order chi connectivity index (χ0) is 9.54. The first kappa shape index (κ1) is 7.83. The summed E-state index contributed by atoms with van der Waals surface area (Å²) in [5, 5.41) is 2.51. The number of fused-ring (bicyclic) bond motifs is 3. The second-order valence-corrected chi connectivity index (χ2v) is 3.43. The molecule has 2 aromatic heterocycles. The van der Waals surface area contributed by atoms with Crippen molar-refractivity contribution in [2.24, 2.45) is 0 Å². The lowest BCUT2D eigenvalue weighted by Crippen LogP contribution is -1.72. The van der Waals surface area contributed by atoms with E-state index in [-0.39, 0.29) is 0 Å².